The van der Waals surface area contributed by atoms with Gasteiger partial charge in [-0.2, -0.15) is 0 Å². The largest absolute Gasteiger partial charge is 0.497 e. The predicted octanol–water partition coefficient (Wildman–Crippen LogP) is 3.73. The number of hydrogen-bond donors (Lipinski definition) is 2. The second-order valence-corrected chi connectivity index (χ2v) is 5.22. The highest BCUT2D eigenvalue weighted by molar-refractivity contribution is 7.80. The van der Waals surface area contributed by atoms with Gasteiger partial charge in [-0.1, -0.05) is 29.9 Å². The molecule has 0 aliphatic heterocycles. The van der Waals surface area contributed by atoms with Gasteiger partial charge in [-0.05, 0) is 29.8 Å². The van der Waals surface area contributed by atoms with E-state index >= 15 is 0 Å². The molecule has 6 heteroatoms. The first-order valence-corrected chi connectivity index (χ1v) is 6.95. The lowest BCUT2D eigenvalue weighted by Crippen LogP contribution is -2.13. The fourth-order valence-corrected chi connectivity index (χ4v) is 2.24. The van der Waals surface area contributed by atoms with Crippen LogP contribution in [-0.2, 0) is 6.54 Å². The summed E-state index contributed by atoms with van der Waals surface area (Å²) in [5, 5.41) is 3.30. The highest BCUT2D eigenvalue weighted by Gasteiger charge is 2.07. The second-order valence-electron chi connectivity index (χ2n) is 4.38. The zero-order valence-corrected chi connectivity index (χ0v) is 12.9. The molecule has 0 aromatic heterocycles. The molecule has 0 aliphatic carbocycles. The Morgan fingerprint density at radius 3 is 2.71 bits per heavy atom. The maximum atomic E-state index is 13.1. The molecule has 3 N–H and O–H groups in total. The molecule has 21 heavy (non-hydrogen) atoms. The highest BCUT2D eigenvalue weighted by atomic mass is 35.5. The Labute approximate surface area is 132 Å². The molecule has 0 saturated carbocycles. The van der Waals surface area contributed by atoms with Crippen molar-refractivity contribution < 1.29 is 9.13 Å². The number of ether oxygens (including phenoxy) is 1. The number of halogens is 2. The van der Waals surface area contributed by atoms with Crippen LogP contribution in [0, 0.1) is 5.82 Å². The number of nitrogens with two attached hydrogens (primary N) is 1. The summed E-state index contributed by atoms with van der Waals surface area (Å²) in [6.07, 6.45) is 0. The van der Waals surface area contributed by atoms with Gasteiger partial charge in [-0.25, -0.2) is 4.39 Å². The number of anilines is 1. The van der Waals surface area contributed by atoms with Crippen LogP contribution in [0.15, 0.2) is 36.4 Å². The van der Waals surface area contributed by atoms with E-state index in [2.05, 4.69) is 5.32 Å². The van der Waals surface area contributed by atoms with Crippen LogP contribution in [0.2, 0.25) is 5.02 Å². The Morgan fingerprint density at radius 1 is 1.33 bits per heavy atom. The van der Waals surface area contributed by atoms with Crippen molar-refractivity contribution in [1.82, 2.24) is 0 Å². The van der Waals surface area contributed by atoms with Crippen LogP contribution >= 0.6 is 23.8 Å². The van der Waals surface area contributed by atoms with Crippen molar-refractivity contribution in [3.63, 3.8) is 0 Å². The average Bonchev–Trinajstić information content (AvgIpc) is 2.48. The molecule has 0 aliphatic rings. The molecule has 0 radical (unpaired) electrons. The van der Waals surface area contributed by atoms with E-state index in [9.17, 15) is 4.39 Å². The molecule has 0 spiro atoms. The summed E-state index contributed by atoms with van der Waals surface area (Å²) in [7, 11) is 1.58. The van der Waals surface area contributed by atoms with Gasteiger partial charge in [0.2, 0.25) is 0 Å². The van der Waals surface area contributed by atoms with Crippen LogP contribution in [0.3, 0.4) is 0 Å². The first-order chi connectivity index (χ1) is 10.0. The maximum Gasteiger partial charge on any atom is 0.141 e. The summed E-state index contributed by atoms with van der Waals surface area (Å²) >= 11 is 10.8. The van der Waals surface area contributed by atoms with E-state index in [1.807, 2.05) is 0 Å². The van der Waals surface area contributed by atoms with Crippen LogP contribution in [0.1, 0.15) is 11.1 Å². The van der Waals surface area contributed by atoms with Gasteiger partial charge < -0.3 is 15.8 Å². The van der Waals surface area contributed by atoms with Crippen molar-refractivity contribution in [1.29, 1.82) is 0 Å². The first kappa shape index (κ1) is 15.5. The second kappa shape index (κ2) is 6.74. The zero-order chi connectivity index (χ0) is 15.4. The van der Waals surface area contributed by atoms with Crippen LogP contribution in [0.25, 0.3) is 0 Å². The van der Waals surface area contributed by atoms with Gasteiger partial charge in [0, 0.05) is 23.9 Å². The van der Waals surface area contributed by atoms with E-state index in [0.29, 0.717) is 12.3 Å². The van der Waals surface area contributed by atoms with Crippen LogP contribution in [0.5, 0.6) is 5.75 Å². The number of thiocarbonyl (C=S) groups is 1. The quantitative estimate of drug-likeness (QED) is 0.823. The molecule has 2 aromatic rings. The number of rotatable bonds is 5. The molecule has 110 valence electrons. The van der Waals surface area contributed by atoms with Gasteiger partial charge in [0.15, 0.2) is 0 Å². The van der Waals surface area contributed by atoms with E-state index in [1.54, 1.807) is 37.4 Å². The monoisotopic (exact) mass is 324 g/mol. The first-order valence-electron chi connectivity index (χ1n) is 6.17. The van der Waals surface area contributed by atoms with Gasteiger partial charge >= 0.3 is 0 Å². The Kier molecular flexibility index (Phi) is 4.98. The fourth-order valence-electron chi connectivity index (χ4n) is 1.86. The summed E-state index contributed by atoms with van der Waals surface area (Å²) in [4.78, 5) is 0.289. The van der Waals surface area contributed by atoms with E-state index in [-0.39, 0.29) is 10.0 Å². The number of benzene rings is 2. The van der Waals surface area contributed by atoms with E-state index < -0.39 is 5.82 Å². The van der Waals surface area contributed by atoms with E-state index in [1.165, 1.54) is 6.07 Å². The minimum Gasteiger partial charge on any atom is -0.497 e. The van der Waals surface area contributed by atoms with E-state index in [0.717, 1.165) is 16.8 Å². The van der Waals surface area contributed by atoms with Crippen LogP contribution in [0.4, 0.5) is 10.1 Å². The smallest absolute Gasteiger partial charge is 0.141 e. The lowest BCUT2D eigenvalue weighted by atomic mass is 10.1. The maximum absolute atomic E-state index is 13.1. The summed E-state index contributed by atoms with van der Waals surface area (Å²) in [5.74, 6) is 0.250. The summed E-state index contributed by atoms with van der Waals surface area (Å²) in [6.45, 7) is 0.461. The van der Waals surface area contributed by atoms with Crippen molar-refractivity contribution in [3.8, 4) is 5.75 Å². The van der Waals surface area contributed by atoms with Gasteiger partial charge in [0.25, 0.3) is 0 Å². The summed E-state index contributed by atoms with van der Waals surface area (Å²) in [6, 6.07) is 9.95. The molecule has 2 aromatic carbocycles. The summed E-state index contributed by atoms with van der Waals surface area (Å²) in [5.41, 5.74) is 8.02. The molecule has 0 bridgehead atoms. The Hall–Kier alpha value is -1.85. The third kappa shape index (κ3) is 3.83. The molecule has 3 nitrogen and oxygen atoms in total. The predicted molar refractivity (Wildman–Crippen MR) is 87.6 cm³/mol. The minimum atomic E-state index is -0.439. The Balaban J connectivity index is 2.21. The van der Waals surface area contributed by atoms with Crippen molar-refractivity contribution in [2.75, 3.05) is 12.4 Å². The third-order valence-corrected chi connectivity index (χ3v) is 3.47. The normalized spacial score (nSPS) is 10.2. The lowest BCUT2D eigenvalue weighted by molar-refractivity contribution is 0.415. The number of methoxy groups -OCH3 is 1. The SMILES string of the molecule is COc1ccc(C(N)=S)c(NCc2ccc(F)c(Cl)c2)c1. The zero-order valence-electron chi connectivity index (χ0n) is 11.3. The van der Waals surface area contributed by atoms with E-state index in [4.69, 9.17) is 34.3 Å². The molecule has 0 saturated heterocycles. The molecule has 0 fully saturated rings. The number of nitrogens with one attached hydrogen (secondary N) is 1. The average molecular weight is 325 g/mol. The highest BCUT2D eigenvalue weighted by Crippen LogP contribution is 2.24. The standard InChI is InChI=1S/C15H14ClFN2OS/c1-20-10-3-4-11(15(18)21)14(7-10)19-8-9-2-5-13(17)12(16)6-9/h2-7,19H,8H2,1H3,(H2,18,21). The third-order valence-electron chi connectivity index (χ3n) is 2.96. The lowest BCUT2D eigenvalue weighted by Gasteiger charge is -2.13. The molecule has 0 atom stereocenters. The van der Waals surface area contributed by atoms with Crippen molar-refractivity contribution in [2.24, 2.45) is 5.73 Å². The molecule has 0 amide bonds. The van der Waals surface area contributed by atoms with Gasteiger partial charge in [0.05, 0.1) is 12.1 Å². The Bertz CT molecular complexity index is 679. The van der Waals surface area contributed by atoms with Gasteiger partial charge in [-0.3, -0.25) is 0 Å². The van der Waals surface area contributed by atoms with Crippen molar-refractivity contribution >= 4 is 34.5 Å². The Morgan fingerprint density at radius 2 is 2.10 bits per heavy atom. The molecule has 0 heterocycles. The molecule has 0 unspecified atom stereocenters. The fraction of sp³-hybridized carbons (Fsp3) is 0.133. The van der Waals surface area contributed by atoms with Crippen LogP contribution < -0.4 is 15.8 Å². The van der Waals surface area contributed by atoms with Crippen molar-refractivity contribution in [2.45, 2.75) is 6.54 Å². The summed E-state index contributed by atoms with van der Waals surface area (Å²) < 4.78 is 18.3. The van der Waals surface area contributed by atoms with Crippen molar-refractivity contribution in [3.05, 3.63) is 58.4 Å². The van der Waals surface area contributed by atoms with Gasteiger partial charge in [0.1, 0.15) is 16.6 Å². The molecule has 2 rings (SSSR count). The molecular weight excluding hydrogens is 311 g/mol. The van der Waals surface area contributed by atoms with Crippen LogP contribution in [-0.4, -0.2) is 12.1 Å². The molecular formula is C15H14ClFN2OS. The van der Waals surface area contributed by atoms with Gasteiger partial charge in [-0.15, -0.1) is 0 Å². The minimum absolute atomic E-state index is 0.0921. The number of hydrogen-bond acceptors (Lipinski definition) is 3. The topological polar surface area (TPSA) is 47.3 Å².